The maximum atomic E-state index is 12.5. The van der Waals surface area contributed by atoms with Gasteiger partial charge in [-0.15, -0.1) is 0 Å². The minimum Gasteiger partial charge on any atom is -0.324 e. The summed E-state index contributed by atoms with van der Waals surface area (Å²) in [4.78, 5) is 25.1. The number of benzene rings is 1. The molecule has 0 bridgehead atoms. The molecule has 26 heavy (non-hydrogen) atoms. The molecule has 3 aromatic rings. The smallest absolute Gasteiger partial charge is 0.227 e. The molecule has 5 heteroatoms. The number of hydrogen-bond acceptors (Lipinski definition) is 5. The summed E-state index contributed by atoms with van der Waals surface area (Å²) in [6.07, 6.45) is 7.43. The first-order valence-corrected chi connectivity index (χ1v) is 8.66. The highest BCUT2D eigenvalue weighted by atomic mass is 16.1. The zero-order valence-corrected chi connectivity index (χ0v) is 15.2. The summed E-state index contributed by atoms with van der Waals surface area (Å²) in [7, 11) is 0. The molecule has 0 aliphatic carbocycles. The number of hydrogen-bond donors (Lipinski definition) is 1. The lowest BCUT2D eigenvalue weighted by molar-refractivity contribution is 0.103. The van der Waals surface area contributed by atoms with Crippen molar-refractivity contribution >= 4 is 17.4 Å². The first kappa shape index (κ1) is 17.7. The number of carbonyl (C=O) groups is 1. The summed E-state index contributed by atoms with van der Waals surface area (Å²) in [5.74, 6) is 0.991. The van der Waals surface area contributed by atoms with Crippen LogP contribution in [0.4, 0.5) is 11.6 Å². The Kier molecular flexibility index (Phi) is 5.37. The molecule has 0 radical (unpaired) electrons. The van der Waals surface area contributed by atoms with Crippen LogP contribution < -0.4 is 5.32 Å². The lowest BCUT2D eigenvalue weighted by Gasteiger charge is -2.08. The quantitative estimate of drug-likeness (QED) is 0.672. The number of anilines is 2. The Morgan fingerprint density at radius 1 is 1.04 bits per heavy atom. The molecule has 2 aromatic heterocycles. The lowest BCUT2D eigenvalue weighted by Crippen LogP contribution is -2.06. The average Bonchev–Trinajstić information content (AvgIpc) is 2.63. The molecule has 1 N–H and O–H groups in total. The lowest BCUT2D eigenvalue weighted by atomic mass is 10.0. The fourth-order valence-electron chi connectivity index (χ4n) is 2.72. The summed E-state index contributed by atoms with van der Waals surface area (Å²) in [6.45, 7) is 6.27. The number of pyridine rings is 1. The Hall–Kier alpha value is -3.08. The molecule has 1 aromatic carbocycles. The van der Waals surface area contributed by atoms with Crippen molar-refractivity contribution in [1.29, 1.82) is 0 Å². The SMILES string of the molecule is Cc1cnccc1C(=O)c1cnc(Nc2ccc(CC(C)C)cc2)nc1. The molecule has 0 amide bonds. The first-order chi connectivity index (χ1) is 12.5. The van der Waals surface area contributed by atoms with Gasteiger partial charge in [-0.1, -0.05) is 26.0 Å². The van der Waals surface area contributed by atoms with Crippen LogP contribution in [0, 0.1) is 12.8 Å². The zero-order valence-electron chi connectivity index (χ0n) is 15.2. The number of nitrogens with zero attached hydrogens (tertiary/aromatic N) is 3. The van der Waals surface area contributed by atoms with E-state index in [9.17, 15) is 4.79 Å². The van der Waals surface area contributed by atoms with E-state index in [1.807, 2.05) is 19.1 Å². The standard InChI is InChI=1S/C21H22N4O/c1-14(2)10-16-4-6-18(7-5-16)25-21-23-12-17(13-24-21)20(26)19-8-9-22-11-15(19)3/h4-9,11-14H,10H2,1-3H3,(H,23,24,25). The molecular formula is C21H22N4O. The molecule has 5 nitrogen and oxygen atoms in total. The van der Waals surface area contributed by atoms with Crippen molar-refractivity contribution < 1.29 is 4.79 Å². The monoisotopic (exact) mass is 346 g/mol. The van der Waals surface area contributed by atoms with Crippen LogP contribution in [0.25, 0.3) is 0 Å². The van der Waals surface area contributed by atoms with Crippen LogP contribution >= 0.6 is 0 Å². The van der Waals surface area contributed by atoms with E-state index in [1.54, 1.807) is 30.9 Å². The maximum Gasteiger partial charge on any atom is 0.227 e. The van der Waals surface area contributed by atoms with Crippen LogP contribution in [0.5, 0.6) is 0 Å². The van der Waals surface area contributed by atoms with Gasteiger partial charge in [0, 0.05) is 36.0 Å². The number of aromatic nitrogens is 3. The second-order valence-electron chi connectivity index (χ2n) is 6.73. The first-order valence-electron chi connectivity index (χ1n) is 8.66. The van der Waals surface area contributed by atoms with E-state index >= 15 is 0 Å². The molecule has 0 aliphatic rings. The van der Waals surface area contributed by atoms with E-state index in [-0.39, 0.29) is 5.78 Å². The van der Waals surface area contributed by atoms with Crippen molar-refractivity contribution in [3.8, 4) is 0 Å². The highest BCUT2D eigenvalue weighted by Gasteiger charge is 2.12. The second-order valence-corrected chi connectivity index (χ2v) is 6.73. The molecule has 0 saturated carbocycles. The van der Waals surface area contributed by atoms with Gasteiger partial charge >= 0.3 is 0 Å². The third-order valence-electron chi connectivity index (χ3n) is 4.03. The van der Waals surface area contributed by atoms with E-state index in [1.165, 1.54) is 5.56 Å². The average molecular weight is 346 g/mol. The van der Waals surface area contributed by atoms with Gasteiger partial charge in [0.15, 0.2) is 5.78 Å². The number of aryl methyl sites for hydroxylation is 1. The number of ketones is 1. The second kappa shape index (κ2) is 7.87. The van der Waals surface area contributed by atoms with Gasteiger partial charge < -0.3 is 5.32 Å². The van der Waals surface area contributed by atoms with Gasteiger partial charge in [-0.25, -0.2) is 9.97 Å². The topological polar surface area (TPSA) is 67.8 Å². The molecule has 0 spiro atoms. The Morgan fingerprint density at radius 3 is 2.35 bits per heavy atom. The van der Waals surface area contributed by atoms with Crippen LogP contribution in [0.1, 0.15) is 40.9 Å². The molecule has 3 rings (SSSR count). The van der Waals surface area contributed by atoms with Gasteiger partial charge in [-0.3, -0.25) is 9.78 Å². The van der Waals surface area contributed by atoms with E-state index in [0.717, 1.165) is 17.7 Å². The highest BCUT2D eigenvalue weighted by Crippen LogP contribution is 2.17. The number of rotatable bonds is 6. The summed E-state index contributed by atoms with van der Waals surface area (Å²) in [6, 6.07) is 9.95. The summed E-state index contributed by atoms with van der Waals surface area (Å²) in [5.41, 5.74) is 4.13. The van der Waals surface area contributed by atoms with Gasteiger partial charge in [0.25, 0.3) is 0 Å². The number of carbonyl (C=O) groups excluding carboxylic acids is 1. The normalized spacial score (nSPS) is 10.8. The highest BCUT2D eigenvalue weighted by molar-refractivity contribution is 6.09. The zero-order chi connectivity index (χ0) is 18.5. The summed E-state index contributed by atoms with van der Waals surface area (Å²) in [5, 5.41) is 3.16. The van der Waals surface area contributed by atoms with Gasteiger partial charge in [0.05, 0.1) is 5.56 Å². The van der Waals surface area contributed by atoms with Gasteiger partial charge in [0.1, 0.15) is 0 Å². The van der Waals surface area contributed by atoms with Crippen molar-refractivity contribution in [1.82, 2.24) is 15.0 Å². The molecule has 2 heterocycles. The molecule has 0 unspecified atom stereocenters. The molecule has 0 atom stereocenters. The molecule has 0 saturated heterocycles. The van der Waals surface area contributed by atoms with Crippen molar-refractivity contribution in [2.75, 3.05) is 5.32 Å². The predicted octanol–water partition coefficient (Wildman–Crippen LogP) is 4.35. The van der Waals surface area contributed by atoms with Crippen molar-refractivity contribution in [3.63, 3.8) is 0 Å². The van der Waals surface area contributed by atoms with Gasteiger partial charge in [-0.05, 0) is 48.6 Å². The van der Waals surface area contributed by atoms with E-state index in [2.05, 4.69) is 46.2 Å². The Labute approximate surface area is 153 Å². The third kappa shape index (κ3) is 4.30. The summed E-state index contributed by atoms with van der Waals surface area (Å²) >= 11 is 0. The fraction of sp³-hybridized carbons (Fsp3) is 0.238. The minimum absolute atomic E-state index is 0.102. The van der Waals surface area contributed by atoms with Gasteiger partial charge in [0.2, 0.25) is 5.95 Å². The van der Waals surface area contributed by atoms with Crippen molar-refractivity contribution in [3.05, 3.63) is 77.4 Å². The van der Waals surface area contributed by atoms with Crippen LogP contribution in [-0.2, 0) is 6.42 Å². The Morgan fingerprint density at radius 2 is 1.73 bits per heavy atom. The van der Waals surface area contributed by atoms with Crippen LogP contribution in [0.15, 0.2) is 55.1 Å². The van der Waals surface area contributed by atoms with E-state index in [4.69, 9.17) is 0 Å². The molecule has 0 fully saturated rings. The molecule has 0 aliphatic heterocycles. The number of nitrogens with one attached hydrogen (secondary N) is 1. The summed E-state index contributed by atoms with van der Waals surface area (Å²) < 4.78 is 0. The third-order valence-corrected chi connectivity index (χ3v) is 4.03. The van der Waals surface area contributed by atoms with Crippen molar-refractivity contribution in [2.24, 2.45) is 5.92 Å². The van der Waals surface area contributed by atoms with Crippen LogP contribution in [0.2, 0.25) is 0 Å². The van der Waals surface area contributed by atoms with Crippen LogP contribution in [0.3, 0.4) is 0 Å². The maximum absolute atomic E-state index is 12.5. The van der Waals surface area contributed by atoms with Gasteiger partial charge in [-0.2, -0.15) is 0 Å². The molecule has 132 valence electrons. The molecular weight excluding hydrogens is 324 g/mol. The van der Waals surface area contributed by atoms with Crippen LogP contribution in [-0.4, -0.2) is 20.7 Å². The largest absolute Gasteiger partial charge is 0.324 e. The Balaban J connectivity index is 1.70. The minimum atomic E-state index is -0.102. The fourth-order valence-corrected chi connectivity index (χ4v) is 2.72. The van der Waals surface area contributed by atoms with E-state index in [0.29, 0.717) is 23.0 Å². The van der Waals surface area contributed by atoms with Crippen molar-refractivity contribution in [2.45, 2.75) is 27.2 Å². The predicted molar refractivity (Wildman–Crippen MR) is 103 cm³/mol. The Bertz CT molecular complexity index is 887. The van der Waals surface area contributed by atoms with E-state index < -0.39 is 0 Å².